The molecule has 2 rings (SSSR count). The van der Waals surface area contributed by atoms with Crippen LogP contribution < -0.4 is 0 Å². The average Bonchev–Trinajstić information content (AvgIpc) is 2.63. The lowest BCUT2D eigenvalue weighted by atomic mass is 9.95. The fourth-order valence-electron chi connectivity index (χ4n) is 1.76. The molecule has 70 valence electrons. The lowest BCUT2D eigenvalue weighted by Gasteiger charge is -2.09. The van der Waals surface area contributed by atoms with E-state index in [4.69, 9.17) is 0 Å². The number of rotatable bonds is 2. The zero-order valence-corrected chi connectivity index (χ0v) is 8.17. The maximum Gasteiger partial charge on any atom is 0.0456 e. The van der Waals surface area contributed by atoms with E-state index in [0.29, 0.717) is 5.92 Å². The normalized spacial score (nSPS) is 13.4. The number of H-pyrrole nitrogens is 1. The van der Waals surface area contributed by atoms with E-state index >= 15 is 0 Å². The molecule has 0 aliphatic rings. The number of hydrogen-bond donors (Lipinski definition) is 1. The first-order chi connectivity index (χ1) is 6.33. The number of benzene rings is 1. The summed E-state index contributed by atoms with van der Waals surface area (Å²) < 4.78 is 0. The summed E-state index contributed by atoms with van der Waals surface area (Å²) in [5.74, 6) is 0.652. The van der Waals surface area contributed by atoms with E-state index < -0.39 is 0 Å². The van der Waals surface area contributed by atoms with Gasteiger partial charge < -0.3 is 4.98 Å². The summed E-state index contributed by atoms with van der Waals surface area (Å²) in [6.45, 7) is 4.51. The van der Waals surface area contributed by atoms with Crippen LogP contribution in [0.2, 0.25) is 0 Å². The molecule has 2 aromatic rings. The van der Waals surface area contributed by atoms with Gasteiger partial charge in [0.15, 0.2) is 0 Å². The van der Waals surface area contributed by atoms with Crippen molar-refractivity contribution in [2.75, 3.05) is 0 Å². The van der Waals surface area contributed by atoms with Gasteiger partial charge in [0, 0.05) is 18.5 Å². The zero-order chi connectivity index (χ0) is 9.26. The molecule has 0 bridgehead atoms. The smallest absolute Gasteiger partial charge is 0.0456 e. The third kappa shape index (κ3) is 1.35. The van der Waals surface area contributed by atoms with Crippen LogP contribution in [0.3, 0.4) is 0 Å². The molecule has 1 heterocycles. The van der Waals surface area contributed by atoms with Gasteiger partial charge >= 0.3 is 0 Å². The van der Waals surface area contributed by atoms with Crippen LogP contribution in [0.15, 0.2) is 30.5 Å². The Morgan fingerprint density at radius 1 is 1.38 bits per heavy atom. The van der Waals surface area contributed by atoms with E-state index in [1.807, 2.05) is 6.20 Å². The van der Waals surface area contributed by atoms with E-state index in [2.05, 4.69) is 43.1 Å². The van der Waals surface area contributed by atoms with Crippen molar-refractivity contribution in [3.63, 3.8) is 0 Å². The molecule has 0 amide bonds. The van der Waals surface area contributed by atoms with Gasteiger partial charge in [-0.15, -0.1) is 0 Å². The molecule has 0 saturated carbocycles. The van der Waals surface area contributed by atoms with Crippen molar-refractivity contribution in [2.45, 2.75) is 26.2 Å². The second-order valence-electron chi connectivity index (χ2n) is 3.60. The highest BCUT2D eigenvalue weighted by Gasteiger charge is 2.06. The van der Waals surface area contributed by atoms with E-state index in [-0.39, 0.29) is 1.43 Å². The highest BCUT2D eigenvalue weighted by Crippen LogP contribution is 2.26. The van der Waals surface area contributed by atoms with Crippen molar-refractivity contribution >= 4 is 10.9 Å². The van der Waals surface area contributed by atoms with Gasteiger partial charge in [0.05, 0.1) is 0 Å². The molecule has 0 aliphatic heterocycles. The molecule has 0 aliphatic carbocycles. The molecule has 1 unspecified atom stereocenters. The molecule has 0 spiro atoms. The Labute approximate surface area is 80.3 Å². The monoisotopic (exact) mass is 175 g/mol. The molecule has 1 aromatic carbocycles. The molecule has 0 radical (unpaired) electrons. The van der Waals surface area contributed by atoms with Crippen LogP contribution in [0.5, 0.6) is 0 Å². The fourth-order valence-corrected chi connectivity index (χ4v) is 1.76. The van der Waals surface area contributed by atoms with E-state index in [0.717, 1.165) is 0 Å². The standard InChI is InChI=1S/C12H15N.H2/c1-3-9(2)10-5-4-6-12-11(10)7-8-13-12;/h4-9,13H,3H2,1-2H3;1H. The summed E-state index contributed by atoms with van der Waals surface area (Å²) in [5.41, 5.74) is 2.71. The Morgan fingerprint density at radius 2 is 2.23 bits per heavy atom. The van der Waals surface area contributed by atoms with E-state index in [1.165, 1.54) is 22.9 Å². The largest absolute Gasteiger partial charge is 0.361 e. The van der Waals surface area contributed by atoms with Gasteiger partial charge in [-0.1, -0.05) is 26.0 Å². The number of aromatic amines is 1. The highest BCUT2D eigenvalue weighted by molar-refractivity contribution is 5.83. The maximum absolute atomic E-state index is 3.24. The van der Waals surface area contributed by atoms with Gasteiger partial charge in [-0.2, -0.15) is 0 Å². The minimum absolute atomic E-state index is 0. The first kappa shape index (κ1) is 8.36. The minimum Gasteiger partial charge on any atom is -0.361 e. The van der Waals surface area contributed by atoms with Crippen LogP contribution in [-0.4, -0.2) is 4.98 Å². The molecule has 1 nitrogen and oxygen atoms in total. The Balaban J connectivity index is 0.000000980. The van der Waals surface area contributed by atoms with Crippen molar-refractivity contribution in [3.05, 3.63) is 36.0 Å². The summed E-state index contributed by atoms with van der Waals surface area (Å²) in [6, 6.07) is 8.64. The number of hydrogen-bond acceptors (Lipinski definition) is 0. The van der Waals surface area contributed by atoms with Crippen LogP contribution >= 0.6 is 0 Å². The van der Waals surface area contributed by atoms with E-state index in [1.54, 1.807) is 0 Å². The predicted octanol–water partition coefficient (Wildman–Crippen LogP) is 3.93. The van der Waals surface area contributed by atoms with Gasteiger partial charge in [0.2, 0.25) is 0 Å². The second kappa shape index (κ2) is 3.25. The third-order valence-electron chi connectivity index (χ3n) is 2.77. The first-order valence-electron chi connectivity index (χ1n) is 4.89. The molecule has 13 heavy (non-hydrogen) atoms. The third-order valence-corrected chi connectivity index (χ3v) is 2.77. The van der Waals surface area contributed by atoms with Gasteiger partial charge in [-0.3, -0.25) is 0 Å². The lowest BCUT2D eigenvalue weighted by molar-refractivity contribution is 0.740. The molecular weight excluding hydrogens is 158 g/mol. The summed E-state index contributed by atoms with van der Waals surface area (Å²) in [7, 11) is 0. The lowest BCUT2D eigenvalue weighted by Crippen LogP contribution is -1.91. The molecule has 1 aromatic heterocycles. The maximum atomic E-state index is 3.24. The minimum atomic E-state index is 0. The Morgan fingerprint density at radius 3 is 3.00 bits per heavy atom. The highest BCUT2D eigenvalue weighted by atomic mass is 14.7. The topological polar surface area (TPSA) is 15.8 Å². The molecule has 1 atom stereocenters. The van der Waals surface area contributed by atoms with E-state index in [9.17, 15) is 0 Å². The van der Waals surface area contributed by atoms with Crippen LogP contribution in [-0.2, 0) is 0 Å². The Kier molecular flexibility index (Phi) is 2.09. The number of fused-ring (bicyclic) bond motifs is 1. The first-order valence-corrected chi connectivity index (χ1v) is 4.89. The zero-order valence-electron chi connectivity index (χ0n) is 8.17. The Hall–Kier alpha value is -1.24. The second-order valence-corrected chi connectivity index (χ2v) is 3.60. The number of aromatic nitrogens is 1. The SMILES string of the molecule is CCC(C)c1cccc2[nH]ccc12.[HH]. The van der Waals surface area contributed by atoms with Crippen molar-refractivity contribution in [1.82, 2.24) is 4.98 Å². The summed E-state index contributed by atoms with van der Waals surface area (Å²) in [6.07, 6.45) is 3.21. The van der Waals surface area contributed by atoms with Crippen LogP contribution in [0.1, 0.15) is 33.2 Å². The summed E-state index contributed by atoms with van der Waals surface area (Å²) in [4.78, 5) is 3.24. The van der Waals surface area contributed by atoms with Crippen LogP contribution in [0, 0.1) is 0 Å². The van der Waals surface area contributed by atoms with Crippen LogP contribution in [0.25, 0.3) is 10.9 Å². The average molecular weight is 175 g/mol. The molecule has 1 N–H and O–H groups in total. The molecule has 0 fully saturated rings. The summed E-state index contributed by atoms with van der Waals surface area (Å²) >= 11 is 0. The Bertz CT molecular complexity index is 405. The van der Waals surface area contributed by atoms with Gasteiger partial charge in [0.1, 0.15) is 0 Å². The predicted molar refractivity (Wildman–Crippen MR) is 59.1 cm³/mol. The fraction of sp³-hybridized carbons (Fsp3) is 0.333. The van der Waals surface area contributed by atoms with Crippen molar-refractivity contribution in [3.8, 4) is 0 Å². The van der Waals surface area contributed by atoms with Gasteiger partial charge in [-0.05, 0) is 30.0 Å². The van der Waals surface area contributed by atoms with Gasteiger partial charge in [0.25, 0.3) is 0 Å². The quantitative estimate of drug-likeness (QED) is 0.711. The van der Waals surface area contributed by atoms with Crippen LogP contribution in [0.4, 0.5) is 0 Å². The summed E-state index contributed by atoms with van der Waals surface area (Å²) in [5, 5.41) is 1.37. The van der Waals surface area contributed by atoms with Crippen molar-refractivity contribution < 1.29 is 1.43 Å². The molecule has 0 saturated heterocycles. The molecule has 1 heteroatoms. The van der Waals surface area contributed by atoms with Crippen molar-refractivity contribution in [2.24, 2.45) is 0 Å². The molecular formula is C12H17N. The number of nitrogens with one attached hydrogen (secondary N) is 1. The van der Waals surface area contributed by atoms with Crippen molar-refractivity contribution in [1.29, 1.82) is 0 Å². The van der Waals surface area contributed by atoms with Gasteiger partial charge in [-0.25, -0.2) is 0 Å².